The van der Waals surface area contributed by atoms with Gasteiger partial charge in [0.2, 0.25) is 5.76 Å². The number of aromatic amines is 1. The van der Waals surface area contributed by atoms with Gasteiger partial charge in [0.05, 0.1) is 29.7 Å². The molecule has 4 N–H and O–H groups in total. The third-order valence-electron chi connectivity index (χ3n) is 6.34. The monoisotopic (exact) mass is 459 g/mol. The van der Waals surface area contributed by atoms with Crippen LogP contribution in [0.25, 0.3) is 10.9 Å². The third kappa shape index (κ3) is 4.08. The van der Waals surface area contributed by atoms with Crippen molar-refractivity contribution >= 4 is 28.3 Å². The van der Waals surface area contributed by atoms with Crippen LogP contribution in [0, 0.1) is 17.2 Å². The number of hydrogen-bond donors (Lipinski definition) is 3. The largest absolute Gasteiger partial charge is 0.466 e. The molecule has 1 saturated carbocycles. The number of nitrogens with two attached hydrogens (primary N) is 1. The van der Waals surface area contributed by atoms with Crippen molar-refractivity contribution in [3.63, 3.8) is 0 Å². The highest BCUT2D eigenvalue weighted by Crippen LogP contribution is 2.36. The summed E-state index contributed by atoms with van der Waals surface area (Å²) in [6.07, 6.45) is 6.98. The number of nitriles is 1. The second kappa shape index (κ2) is 8.94. The Morgan fingerprint density at radius 1 is 1.32 bits per heavy atom. The van der Waals surface area contributed by atoms with Crippen LogP contribution in [-0.4, -0.2) is 32.3 Å². The molecule has 3 heterocycles. The van der Waals surface area contributed by atoms with Crippen LogP contribution in [0.4, 0.5) is 11.5 Å². The van der Waals surface area contributed by atoms with Crippen molar-refractivity contribution in [2.45, 2.75) is 38.3 Å². The molecule has 1 fully saturated rings. The predicted octanol–water partition coefficient (Wildman–Crippen LogP) is 2.84. The first-order chi connectivity index (χ1) is 16.5. The standard InChI is InChI=1S/C24H25N7O3/c25-11-16-5-1-2-7-18(16)31-19-8-9-27-24(33)21(19)23(29-31)28-17-6-3-4-15(10-17)12-30-13-20(22(26)32)34-14-30/h3-4,6,8-10,13,16,18H,1-2,5,7,12,14H2,(H2,26,32)(H,27,33)(H,28,29). The van der Waals surface area contributed by atoms with Gasteiger partial charge in [-0.25, -0.2) is 0 Å². The SMILES string of the molecule is N#CC1CCCCC1n1nc(Nc2cccc(CN3C=C(C(N)=O)OC3)c2)c2c(=O)[nH]ccc21. The van der Waals surface area contributed by atoms with E-state index >= 15 is 0 Å². The number of carbonyl (C=O) groups excluding carboxylic acids is 1. The van der Waals surface area contributed by atoms with Gasteiger partial charge in [0.15, 0.2) is 12.5 Å². The number of nitrogens with one attached hydrogen (secondary N) is 2. The van der Waals surface area contributed by atoms with Gasteiger partial charge < -0.3 is 25.7 Å². The normalized spacial score (nSPS) is 20.0. The third-order valence-corrected chi connectivity index (χ3v) is 6.34. The Bertz CT molecular complexity index is 1370. The lowest BCUT2D eigenvalue weighted by Crippen LogP contribution is -2.23. The average Bonchev–Trinajstić information content (AvgIpc) is 3.45. The van der Waals surface area contributed by atoms with Gasteiger partial charge in [-0.1, -0.05) is 25.0 Å². The number of ether oxygens (including phenoxy) is 1. The lowest BCUT2D eigenvalue weighted by molar-refractivity contribution is -0.117. The van der Waals surface area contributed by atoms with E-state index in [0.29, 0.717) is 23.3 Å². The molecule has 1 amide bonds. The number of rotatable bonds is 6. The maximum Gasteiger partial charge on any atom is 0.285 e. The lowest BCUT2D eigenvalue weighted by Gasteiger charge is -2.27. The van der Waals surface area contributed by atoms with E-state index in [-0.39, 0.29) is 30.0 Å². The first-order valence-electron chi connectivity index (χ1n) is 11.3. The number of pyridine rings is 1. The van der Waals surface area contributed by atoms with Crippen LogP contribution in [0.15, 0.2) is 53.3 Å². The van der Waals surface area contributed by atoms with E-state index in [0.717, 1.165) is 36.9 Å². The topological polar surface area (TPSA) is 142 Å². The van der Waals surface area contributed by atoms with Gasteiger partial charge in [0, 0.05) is 18.4 Å². The molecule has 10 nitrogen and oxygen atoms in total. The van der Waals surface area contributed by atoms with Crippen LogP contribution in [-0.2, 0) is 16.1 Å². The summed E-state index contributed by atoms with van der Waals surface area (Å²) in [7, 11) is 0. The molecule has 2 aromatic heterocycles. The Morgan fingerprint density at radius 2 is 2.18 bits per heavy atom. The number of benzene rings is 1. The number of amides is 1. The molecule has 1 aromatic carbocycles. The average molecular weight is 460 g/mol. The zero-order valence-electron chi connectivity index (χ0n) is 18.5. The predicted molar refractivity (Wildman–Crippen MR) is 125 cm³/mol. The molecular formula is C24H25N7O3. The summed E-state index contributed by atoms with van der Waals surface area (Å²) >= 11 is 0. The molecule has 0 saturated heterocycles. The summed E-state index contributed by atoms with van der Waals surface area (Å²) in [4.78, 5) is 28.6. The highest BCUT2D eigenvalue weighted by Gasteiger charge is 2.30. The Balaban J connectivity index is 1.45. The summed E-state index contributed by atoms with van der Waals surface area (Å²) in [5, 5.41) is 18.2. The Labute approximate surface area is 195 Å². The van der Waals surface area contributed by atoms with E-state index in [1.807, 2.05) is 39.9 Å². The highest BCUT2D eigenvalue weighted by atomic mass is 16.5. The Kier molecular flexibility index (Phi) is 5.67. The van der Waals surface area contributed by atoms with Crippen molar-refractivity contribution in [3.8, 4) is 6.07 Å². The summed E-state index contributed by atoms with van der Waals surface area (Å²) in [5.41, 5.74) is 7.50. The zero-order chi connectivity index (χ0) is 23.7. The maximum atomic E-state index is 12.7. The number of aromatic nitrogens is 3. The van der Waals surface area contributed by atoms with Crippen molar-refractivity contribution in [3.05, 3.63) is 64.4 Å². The fourth-order valence-electron chi connectivity index (χ4n) is 4.73. The fourth-order valence-corrected chi connectivity index (χ4v) is 4.73. The van der Waals surface area contributed by atoms with E-state index in [2.05, 4.69) is 16.4 Å². The molecule has 174 valence electrons. The second-order valence-electron chi connectivity index (χ2n) is 8.65. The second-order valence-corrected chi connectivity index (χ2v) is 8.65. The molecule has 34 heavy (non-hydrogen) atoms. The molecule has 0 radical (unpaired) electrons. The van der Waals surface area contributed by atoms with E-state index in [1.54, 1.807) is 12.4 Å². The van der Waals surface area contributed by atoms with Crippen molar-refractivity contribution in [2.24, 2.45) is 11.7 Å². The van der Waals surface area contributed by atoms with Gasteiger partial charge in [-0.15, -0.1) is 0 Å². The van der Waals surface area contributed by atoms with Crippen LogP contribution in [0.1, 0.15) is 37.3 Å². The number of fused-ring (bicyclic) bond motifs is 1. The van der Waals surface area contributed by atoms with Crippen LogP contribution >= 0.6 is 0 Å². The van der Waals surface area contributed by atoms with Gasteiger partial charge in [-0.2, -0.15) is 10.4 Å². The summed E-state index contributed by atoms with van der Waals surface area (Å²) in [6, 6.07) is 11.9. The van der Waals surface area contributed by atoms with Gasteiger partial charge in [-0.3, -0.25) is 14.3 Å². The van der Waals surface area contributed by atoms with Gasteiger partial charge in [0.1, 0.15) is 5.39 Å². The van der Waals surface area contributed by atoms with Crippen molar-refractivity contribution in [2.75, 3.05) is 12.0 Å². The van der Waals surface area contributed by atoms with Gasteiger partial charge >= 0.3 is 0 Å². The lowest BCUT2D eigenvalue weighted by atomic mass is 9.85. The highest BCUT2D eigenvalue weighted by molar-refractivity contribution is 5.91. The summed E-state index contributed by atoms with van der Waals surface area (Å²) in [5.74, 6) is -0.129. The van der Waals surface area contributed by atoms with Crippen LogP contribution < -0.4 is 16.6 Å². The number of nitrogens with zero attached hydrogens (tertiary/aromatic N) is 4. The van der Waals surface area contributed by atoms with Gasteiger partial charge in [0.25, 0.3) is 11.5 Å². The van der Waals surface area contributed by atoms with Gasteiger partial charge in [-0.05, 0) is 36.6 Å². The molecule has 0 spiro atoms. The van der Waals surface area contributed by atoms with Crippen molar-refractivity contribution in [1.29, 1.82) is 5.26 Å². The van der Waals surface area contributed by atoms with Crippen LogP contribution in [0.2, 0.25) is 0 Å². The van der Waals surface area contributed by atoms with E-state index in [1.165, 1.54) is 0 Å². The molecule has 0 bridgehead atoms. The minimum Gasteiger partial charge on any atom is -0.466 e. The zero-order valence-corrected chi connectivity index (χ0v) is 18.5. The number of H-pyrrole nitrogens is 1. The molecule has 1 aliphatic carbocycles. The Hall–Kier alpha value is -4.26. The molecule has 10 heteroatoms. The van der Waals surface area contributed by atoms with E-state index in [9.17, 15) is 14.9 Å². The summed E-state index contributed by atoms with van der Waals surface area (Å²) < 4.78 is 7.14. The molecule has 2 atom stereocenters. The first-order valence-corrected chi connectivity index (χ1v) is 11.3. The van der Waals surface area contributed by atoms with E-state index < -0.39 is 5.91 Å². The minimum atomic E-state index is -0.595. The summed E-state index contributed by atoms with van der Waals surface area (Å²) in [6.45, 7) is 0.774. The van der Waals surface area contributed by atoms with Crippen LogP contribution in [0.5, 0.6) is 0 Å². The van der Waals surface area contributed by atoms with E-state index in [4.69, 9.17) is 15.6 Å². The first kappa shape index (κ1) is 21.6. The molecular weight excluding hydrogens is 434 g/mol. The quantitative estimate of drug-likeness (QED) is 0.514. The number of hydrogen-bond acceptors (Lipinski definition) is 7. The van der Waals surface area contributed by atoms with Crippen molar-refractivity contribution < 1.29 is 9.53 Å². The molecule has 5 rings (SSSR count). The fraction of sp³-hybridized carbons (Fsp3) is 0.333. The number of carbonyl (C=O) groups is 1. The maximum absolute atomic E-state index is 12.7. The smallest absolute Gasteiger partial charge is 0.285 e. The number of primary amides is 1. The van der Waals surface area contributed by atoms with Crippen molar-refractivity contribution in [1.82, 2.24) is 19.7 Å². The number of anilines is 2. The Morgan fingerprint density at radius 3 is 2.97 bits per heavy atom. The van der Waals surface area contributed by atoms with Crippen LogP contribution in [0.3, 0.4) is 0 Å². The molecule has 1 aliphatic heterocycles. The molecule has 2 aliphatic rings. The molecule has 2 unspecified atom stereocenters. The molecule has 3 aromatic rings. The minimum absolute atomic E-state index is 0.0636.